The molecular formula is C9H20N4O2. The van der Waals surface area contributed by atoms with Crippen LogP contribution in [-0.2, 0) is 4.74 Å². The maximum Gasteiger partial charge on any atom is 0.312 e. The van der Waals surface area contributed by atoms with E-state index in [2.05, 4.69) is 22.6 Å². The number of primary amides is 1. The summed E-state index contributed by atoms with van der Waals surface area (Å²) in [6.07, 6.45) is 0.248. The molecule has 0 aliphatic carbocycles. The zero-order chi connectivity index (χ0) is 11.1. The molecule has 0 aromatic carbocycles. The highest BCUT2D eigenvalue weighted by Crippen LogP contribution is 2.00. The van der Waals surface area contributed by atoms with Gasteiger partial charge in [-0.1, -0.05) is 0 Å². The fraction of sp³-hybridized carbons (Fsp3) is 0.889. The van der Waals surface area contributed by atoms with Gasteiger partial charge in [0.2, 0.25) is 0 Å². The quantitative estimate of drug-likeness (QED) is 0.493. The van der Waals surface area contributed by atoms with Gasteiger partial charge in [-0.25, -0.2) is 4.79 Å². The molecule has 2 amide bonds. The van der Waals surface area contributed by atoms with Crippen molar-refractivity contribution in [1.82, 2.24) is 15.5 Å². The summed E-state index contributed by atoms with van der Waals surface area (Å²) in [5, 5.41) is 5.73. The Hall–Kier alpha value is -0.850. The number of urea groups is 1. The minimum Gasteiger partial charge on any atom is -0.374 e. The Bertz CT molecular complexity index is 201. The van der Waals surface area contributed by atoms with Crippen molar-refractivity contribution in [3.05, 3.63) is 0 Å². The van der Waals surface area contributed by atoms with Crippen molar-refractivity contribution in [3.8, 4) is 0 Å². The van der Waals surface area contributed by atoms with Crippen molar-refractivity contribution in [2.45, 2.75) is 6.10 Å². The average molecular weight is 216 g/mol. The van der Waals surface area contributed by atoms with E-state index in [9.17, 15) is 4.79 Å². The summed E-state index contributed by atoms with van der Waals surface area (Å²) in [7, 11) is 2.09. The lowest BCUT2D eigenvalue weighted by molar-refractivity contribution is -0.0179. The number of hydrogen-bond donors (Lipinski definition) is 3. The number of hydrogen-bond acceptors (Lipinski definition) is 4. The molecule has 4 N–H and O–H groups in total. The maximum absolute atomic E-state index is 10.4. The Morgan fingerprint density at radius 2 is 2.40 bits per heavy atom. The molecule has 6 heteroatoms. The van der Waals surface area contributed by atoms with Crippen LogP contribution in [0.3, 0.4) is 0 Å². The highest BCUT2D eigenvalue weighted by molar-refractivity contribution is 5.71. The van der Waals surface area contributed by atoms with E-state index in [-0.39, 0.29) is 6.10 Å². The summed E-state index contributed by atoms with van der Waals surface area (Å²) < 4.78 is 5.56. The minimum atomic E-state index is -0.481. The van der Waals surface area contributed by atoms with Gasteiger partial charge in [-0.3, -0.25) is 0 Å². The molecule has 0 aromatic rings. The predicted octanol–water partition coefficient (Wildman–Crippen LogP) is -1.43. The molecule has 88 valence electrons. The average Bonchev–Trinajstić information content (AvgIpc) is 2.17. The molecule has 1 aliphatic heterocycles. The van der Waals surface area contributed by atoms with Gasteiger partial charge < -0.3 is 26.0 Å². The number of nitrogens with two attached hydrogens (primary N) is 1. The molecule has 0 bridgehead atoms. The van der Waals surface area contributed by atoms with E-state index in [1.54, 1.807) is 0 Å². The topological polar surface area (TPSA) is 79.6 Å². The Morgan fingerprint density at radius 1 is 1.60 bits per heavy atom. The molecule has 1 heterocycles. The predicted molar refractivity (Wildman–Crippen MR) is 57.7 cm³/mol. The number of nitrogens with zero attached hydrogens (tertiary/aromatic N) is 1. The lowest BCUT2D eigenvalue weighted by Gasteiger charge is -2.30. The monoisotopic (exact) mass is 216 g/mol. The molecule has 1 atom stereocenters. The van der Waals surface area contributed by atoms with E-state index in [1.165, 1.54) is 0 Å². The second-order valence-corrected chi connectivity index (χ2v) is 3.75. The SMILES string of the molecule is CN1CCOC(CNCCNC(N)=O)C1. The fourth-order valence-electron chi connectivity index (χ4n) is 1.53. The van der Waals surface area contributed by atoms with Gasteiger partial charge in [0, 0.05) is 32.7 Å². The van der Waals surface area contributed by atoms with E-state index in [4.69, 9.17) is 10.5 Å². The van der Waals surface area contributed by atoms with Crippen LogP contribution < -0.4 is 16.4 Å². The van der Waals surface area contributed by atoms with Crippen LogP contribution in [-0.4, -0.2) is 63.4 Å². The smallest absolute Gasteiger partial charge is 0.312 e. The first-order valence-corrected chi connectivity index (χ1v) is 5.22. The Balaban J connectivity index is 1.97. The van der Waals surface area contributed by atoms with Crippen molar-refractivity contribution < 1.29 is 9.53 Å². The fourth-order valence-corrected chi connectivity index (χ4v) is 1.53. The molecule has 1 saturated heterocycles. The van der Waals surface area contributed by atoms with Crippen LogP contribution in [0.1, 0.15) is 0 Å². The second-order valence-electron chi connectivity index (χ2n) is 3.75. The van der Waals surface area contributed by atoms with E-state index >= 15 is 0 Å². The molecule has 1 unspecified atom stereocenters. The van der Waals surface area contributed by atoms with Gasteiger partial charge in [0.25, 0.3) is 0 Å². The summed E-state index contributed by atoms with van der Waals surface area (Å²) in [5.41, 5.74) is 4.93. The molecular weight excluding hydrogens is 196 g/mol. The van der Waals surface area contributed by atoms with E-state index < -0.39 is 6.03 Å². The van der Waals surface area contributed by atoms with Crippen molar-refractivity contribution in [3.63, 3.8) is 0 Å². The minimum absolute atomic E-state index is 0.248. The number of ether oxygens (including phenoxy) is 1. The van der Waals surface area contributed by atoms with Crippen LogP contribution in [0.4, 0.5) is 4.79 Å². The maximum atomic E-state index is 10.4. The Kier molecular flexibility index (Phi) is 5.38. The van der Waals surface area contributed by atoms with Crippen molar-refractivity contribution in [2.75, 3.05) is 46.4 Å². The second kappa shape index (κ2) is 6.60. The largest absolute Gasteiger partial charge is 0.374 e. The van der Waals surface area contributed by atoms with E-state index in [0.717, 1.165) is 26.2 Å². The summed E-state index contributed by atoms with van der Waals surface area (Å²) in [6, 6.07) is -0.481. The third kappa shape index (κ3) is 5.56. The first-order chi connectivity index (χ1) is 7.18. The molecule has 0 saturated carbocycles. The molecule has 1 rings (SSSR count). The number of carbonyl (C=O) groups is 1. The van der Waals surface area contributed by atoms with Gasteiger partial charge in [-0.15, -0.1) is 0 Å². The molecule has 1 aliphatic rings. The highest BCUT2D eigenvalue weighted by atomic mass is 16.5. The summed E-state index contributed by atoms with van der Waals surface area (Å²) in [6.45, 7) is 4.83. The molecule has 0 radical (unpaired) electrons. The summed E-state index contributed by atoms with van der Waals surface area (Å²) in [5.74, 6) is 0. The van der Waals surface area contributed by atoms with Gasteiger partial charge in [0.1, 0.15) is 0 Å². The van der Waals surface area contributed by atoms with E-state index in [0.29, 0.717) is 13.1 Å². The number of nitrogens with one attached hydrogen (secondary N) is 2. The molecule has 0 spiro atoms. The highest BCUT2D eigenvalue weighted by Gasteiger charge is 2.16. The van der Waals surface area contributed by atoms with Gasteiger partial charge in [0.05, 0.1) is 12.7 Å². The Labute approximate surface area is 90.1 Å². The first kappa shape index (κ1) is 12.2. The standard InChI is InChI=1S/C9H20N4O2/c1-13-4-5-15-8(7-13)6-11-2-3-12-9(10)14/h8,11H,2-7H2,1H3,(H3,10,12,14). The van der Waals surface area contributed by atoms with Crippen molar-refractivity contribution in [2.24, 2.45) is 5.73 Å². The van der Waals surface area contributed by atoms with Crippen LogP contribution in [0.25, 0.3) is 0 Å². The number of amides is 2. The lowest BCUT2D eigenvalue weighted by Crippen LogP contribution is -2.46. The molecule has 0 aromatic heterocycles. The zero-order valence-corrected chi connectivity index (χ0v) is 9.16. The zero-order valence-electron chi connectivity index (χ0n) is 9.16. The van der Waals surface area contributed by atoms with Gasteiger partial charge in [0.15, 0.2) is 0 Å². The molecule has 1 fully saturated rings. The van der Waals surface area contributed by atoms with Crippen LogP contribution in [0.5, 0.6) is 0 Å². The molecule has 6 nitrogen and oxygen atoms in total. The van der Waals surface area contributed by atoms with Crippen LogP contribution in [0.2, 0.25) is 0 Å². The van der Waals surface area contributed by atoms with Gasteiger partial charge in [-0.05, 0) is 7.05 Å². The van der Waals surface area contributed by atoms with Crippen molar-refractivity contribution >= 4 is 6.03 Å². The van der Waals surface area contributed by atoms with Crippen molar-refractivity contribution in [1.29, 1.82) is 0 Å². The number of morpholine rings is 1. The molecule has 15 heavy (non-hydrogen) atoms. The van der Waals surface area contributed by atoms with Gasteiger partial charge >= 0.3 is 6.03 Å². The Morgan fingerprint density at radius 3 is 3.07 bits per heavy atom. The summed E-state index contributed by atoms with van der Waals surface area (Å²) >= 11 is 0. The first-order valence-electron chi connectivity index (χ1n) is 5.22. The number of likely N-dealkylation sites (N-methyl/N-ethyl adjacent to an activating group) is 1. The number of rotatable bonds is 5. The lowest BCUT2D eigenvalue weighted by atomic mass is 10.3. The van der Waals surface area contributed by atoms with Crippen LogP contribution >= 0.6 is 0 Å². The number of carbonyl (C=O) groups excluding carboxylic acids is 1. The van der Waals surface area contributed by atoms with E-state index in [1.807, 2.05) is 0 Å². The van der Waals surface area contributed by atoms with Gasteiger partial charge in [-0.2, -0.15) is 0 Å². The normalized spacial score (nSPS) is 22.6. The van der Waals surface area contributed by atoms with Crippen LogP contribution in [0.15, 0.2) is 0 Å². The third-order valence-electron chi connectivity index (χ3n) is 2.31. The summed E-state index contributed by atoms with van der Waals surface area (Å²) in [4.78, 5) is 12.6. The van der Waals surface area contributed by atoms with Crippen LogP contribution in [0, 0.1) is 0 Å². The third-order valence-corrected chi connectivity index (χ3v) is 2.31.